The van der Waals surface area contributed by atoms with Gasteiger partial charge in [-0.25, -0.2) is 9.82 Å². The number of carbonyl (C=O) groups excluding carboxylic acids is 2. The van der Waals surface area contributed by atoms with E-state index in [0.29, 0.717) is 31.6 Å². The van der Waals surface area contributed by atoms with Gasteiger partial charge in [-0.15, -0.1) is 0 Å². The van der Waals surface area contributed by atoms with Crippen LogP contribution in [0.5, 0.6) is 0 Å². The Bertz CT molecular complexity index is 689. The Morgan fingerprint density at radius 1 is 1.32 bits per heavy atom. The zero-order valence-electron chi connectivity index (χ0n) is 14.0. The summed E-state index contributed by atoms with van der Waals surface area (Å²) in [6.07, 6.45) is 2.77. The van der Waals surface area contributed by atoms with Gasteiger partial charge in [0.1, 0.15) is 11.5 Å². The lowest BCUT2D eigenvalue weighted by Crippen LogP contribution is -2.51. The second kappa shape index (κ2) is 7.31. The molecule has 3 rings (SSSR count). The maximum atomic E-state index is 13.1. The molecule has 1 saturated heterocycles. The molecule has 0 aromatic heterocycles. The van der Waals surface area contributed by atoms with E-state index in [4.69, 9.17) is 0 Å². The normalized spacial score (nSPS) is 23.8. The molecule has 0 radical (unpaired) electrons. The molecule has 25 heavy (non-hydrogen) atoms. The Morgan fingerprint density at radius 2 is 2.08 bits per heavy atom. The van der Waals surface area contributed by atoms with Gasteiger partial charge in [0.15, 0.2) is 0 Å². The topological polar surface area (TPSA) is 82.0 Å². The van der Waals surface area contributed by atoms with Crippen LogP contribution in [0, 0.1) is 11.2 Å². The number of nitrogens with zero attached hydrogens (tertiary/aromatic N) is 2. The average molecular weight is 347 g/mol. The van der Waals surface area contributed by atoms with E-state index in [1.54, 1.807) is 17.0 Å². The predicted molar refractivity (Wildman–Crippen MR) is 90.2 cm³/mol. The number of aliphatic hydroxyl groups excluding tert-OH is 1. The van der Waals surface area contributed by atoms with Gasteiger partial charge in [0.2, 0.25) is 5.91 Å². The van der Waals surface area contributed by atoms with Crippen LogP contribution in [0.3, 0.4) is 0 Å². The van der Waals surface area contributed by atoms with Gasteiger partial charge in [-0.2, -0.15) is 5.10 Å². The number of rotatable bonds is 4. The van der Waals surface area contributed by atoms with Gasteiger partial charge in [-0.3, -0.25) is 9.59 Å². The lowest BCUT2D eigenvalue weighted by Gasteiger charge is -2.42. The SMILES string of the molecule is O=C1CCC(C(=O)N2CCC[C@](CO)(Cc3ccc(F)cc3)C2)=NN1. The molecule has 0 spiro atoms. The number of hydrogen-bond donors (Lipinski definition) is 2. The monoisotopic (exact) mass is 347 g/mol. The molecule has 0 unspecified atom stereocenters. The van der Waals surface area contributed by atoms with Crippen molar-refractivity contribution in [3.63, 3.8) is 0 Å². The highest BCUT2D eigenvalue weighted by Gasteiger charge is 2.38. The Kier molecular flexibility index (Phi) is 5.13. The number of nitrogens with one attached hydrogen (secondary N) is 1. The highest BCUT2D eigenvalue weighted by molar-refractivity contribution is 6.39. The van der Waals surface area contributed by atoms with Crippen molar-refractivity contribution in [1.82, 2.24) is 10.3 Å². The molecule has 1 aromatic carbocycles. The molecule has 6 nitrogen and oxygen atoms in total. The summed E-state index contributed by atoms with van der Waals surface area (Å²) in [5, 5.41) is 13.9. The average Bonchev–Trinajstić information content (AvgIpc) is 2.64. The highest BCUT2D eigenvalue weighted by Crippen LogP contribution is 2.33. The molecule has 2 N–H and O–H groups in total. The van der Waals surface area contributed by atoms with Crippen molar-refractivity contribution < 1.29 is 19.1 Å². The summed E-state index contributed by atoms with van der Waals surface area (Å²) in [5.41, 5.74) is 3.20. The highest BCUT2D eigenvalue weighted by atomic mass is 19.1. The molecule has 0 saturated carbocycles. The predicted octanol–water partition coefficient (Wildman–Crippen LogP) is 1.24. The molecular formula is C18H22FN3O3. The molecular weight excluding hydrogens is 325 g/mol. The van der Waals surface area contributed by atoms with Crippen molar-refractivity contribution in [2.45, 2.75) is 32.1 Å². The molecule has 2 aliphatic rings. The molecule has 1 atom stereocenters. The summed E-state index contributed by atoms with van der Waals surface area (Å²) >= 11 is 0. The van der Waals surface area contributed by atoms with Crippen LogP contribution in [0.4, 0.5) is 4.39 Å². The van der Waals surface area contributed by atoms with Crippen molar-refractivity contribution in [1.29, 1.82) is 0 Å². The van der Waals surface area contributed by atoms with E-state index >= 15 is 0 Å². The number of hydrogen-bond acceptors (Lipinski definition) is 4. The largest absolute Gasteiger partial charge is 0.396 e. The molecule has 1 fully saturated rings. The minimum Gasteiger partial charge on any atom is -0.396 e. The number of benzene rings is 1. The van der Waals surface area contributed by atoms with E-state index in [-0.39, 0.29) is 30.7 Å². The van der Waals surface area contributed by atoms with Crippen LogP contribution in [0.15, 0.2) is 29.4 Å². The van der Waals surface area contributed by atoms with Crippen molar-refractivity contribution in [3.8, 4) is 0 Å². The molecule has 1 aromatic rings. The number of likely N-dealkylation sites (tertiary alicyclic amines) is 1. The number of hydrazone groups is 1. The lowest BCUT2D eigenvalue weighted by atomic mass is 9.75. The molecule has 2 aliphatic heterocycles. The van der Waals surface area contributed by atoms with E-state index in [1.165, 1.54) is 12.1 Å². The summed E-state index contributed by atoms with van der Waals surface area (Å²) in [7, 11) is 0. The minimum atomic E-state index is -0.440. The van der Waals surface area contributed by atoms with Crippen LogP contribution in [-0.2, 0) is 16.0 Å². The maximum Gasteiger partial charge on any atom is 0.270 e. The van der Waals surface area contributed by atoms with E-state index in [2.05, 4.69) is 10.5 Å². The lowest BCUT2D eigenvalue weighted by molar-refractivity contribution is -0.128. The molecule has 2 heterocycles. The molecule has 0 bridgehead atoms. The van der Waals surface area contributed by atoms with Gasteiger partial charge in [0.05, 0.1) is 6.61 Å². The van der Waals surface area contributed by atoms with E-state index in [9.17, 15) is 19.1 Å². The van der Waals surface area contributed by atoms with Gasteiger partial charge < -0.3 is 10.0 Å². The van der Waals surface area contributed by atoms with Gasteiger partial charge in [0, 0.05) is 31.3 Å². The summed E-state index contributed by atoms with van der Waals surface area (Å²) in [6.45, 7) is 0.987. The van der Waals surface area contributed by atoms with E-state index in [1.807, 2.05) is 0 Å². The van der Waals surface area contributed by atoms with Crippen molar-refractivity contribution in [2.75, 3.05) is 19.7 Å². The third kappa shape index (κ3) is 4.04. The van der Waals surface area contributed by atoms with Crippen LogP contribution >= 0.6 is 0 Å². The fourth-order valence-electron chi connectivity index (χ4n) is 3.56. The number of aliphatic hydroxyl groups is 1. The Balaban J connectivity index is 1.72. The number of piperidine rings is 1. The minimum absolute atomic E-state index is 0.0443. The van der Waals surface area contributed by atoms with E-state index in [0.717, 1.165) is 18.4 Å². The first-order valence-electron chi connectivity index (χ1n) is 8.51. The van der Waals surface area contributed by atoms with Crippen LogP contribution < -0.4 is 5.43 Å². The van der Waals surface area contributed by atoms with Crippen LogP contribution in [-0.4, -0.2) is 47.2 Å². The zero-order valence-corrected chi connectivity index (χ0v) is 14.0. The second-order valence-electron chi connectivity index (χ2n) is 6.89. The van der Waals surface area contributed by atoms with Gasteiger partial charge in [0.25, 0.3) is 5.91 Å². The third-order valence-corrected chi connectivity index (χ3v) is 4.93. The number of amides is 2. The first-order chi connectivity index (χ1) is 12.0. The maximum absolute atomic E-state index is 13.1. The van der Waals surface area contributed by atoms with Gasteiger partial charge in [-0.05, 0) is 37.0 Å². The van der Waals surface area contributed by atoms with Gasteiger partial charge >= 0.3 is 0 Å². The van der Waals surface area contributed by atoms with Crippen LogP contribution in [0.1, 0.15) is 31.2 Å². The van der Waals surface area contributed by atoms with E-state index < -0.39 is 5.41 Å². The number of carbonyl (C=O) groups is 2. The molecule has 2 amide bonds. The summed E-state index contributed by atoms with van der Waals surface area (Å²) in [5.74, 6) is -0.660. The number of halogens is 1. The smallest absolute Gasteiger partial charge is 0.270 e. The molecule has 7 heteroatoms. The Labute approximate surface area is 145 Å². The Hall–Kier alpha value is -2.28. The zero-order chi connectivity index (χ0) is 17.9. The fourth-order valence-corrected chi connectivity index (χ4v) is 3.56. The van der Waals surface area contributed by atoms with Crippen LogP contribution in [0.2, 0.25) is 0 Å². The summed E-state index contributed by atoms with van der Waals surface area (Å²) in [6, 6.07) is 6.25. The van der Waals surface area contributed by atoms with Crippen LogP contribution in [0.25, 0.3) is 0 Å². The Morgan fingerprint density at radius 3 is 2.72 bits per heavy atom. The summed E-state index contributed by atoms with van der Waals surface area (Å²) in [4.78, 5) is 25.6. The third-order valence-electron chi connectivity index (χ3n) is 4.93. The first-order valence-corrected chi connectivity index (χ1v) is 8.51. The quantitative estimate of drug-likeness (QED) is 0.860. The fraction of sp³-hybridized carbons (Fsp3) is 0.500. The van der Waals surface area contributed by atoms with Crippen molar-refractivity contribution in [2.24, 2.45) is 10.5 Å². The summed E-state index contributed by atoms with van der Waals surface area (Å²) < 4.78 is 13.1. The first kappa shape index (κ1) is 17.5. The van der Waals surface area contributed by atoms with Crippen molar-refractivity contribution >= 4 is 17.5 Å². The molecule has 0 aliphatic carbocycles. The second-order valence-corrected chi connectivity index (χ2v) is 6.89. The van der Waals surface area contributed by atoms with Gasteiger partial charge in [-0.1, -0.05) is 12.1 Å². The van der Waals surface area contributed by atoms with Crippen molar-refractivity contribution in [3.05, 3.63) is 35.6 Å². The standard InChI is InChI=1S/C18H22FN3O3/c19-14-4-2-13(3-5-14)10-18(12-23)8-1-9-22(11-18)17(25)15-6-7-16(24)21-20-15/h2-5,23H,1,6-12H2,(H,21,24)/t18-/m0/s1. The molecule has 134 valence electrons.